The molecule has 7 nitrogen and oxygen atoms in total. The fourth-order valence-electron chi connectivity index (χ4n) is 2.56. The highest BCUT2D eigenvalue weighted by Crippen LogP contribution is 2.18. The van der Waals surface area contributed by atoms with Gasteiger partial charge in [0, 0.05) is 31.8 Å². The number of rotatable bonds is 10. The quantitative estimate of drug-likeness (QED) is 0.357. The zero-order valence-electron chi connectivity index (χ0n) is 15.9. The summed E-state index contributed by atoms with van der Waals surface area (Å²) in [6, 6.07) is 10.2. The van der Waals surface area contributed by atoms with Gasteiger partial charge in [0.15, 0.2) is 0 Å². The average molecular weight is 391 g/mol. The molecule has 0 heterocycles. The van der Waals surface area contributed by atoms with Crippen molar-refractivity contribution in [1.29, 1.82) is 0 Å². The number of ether oxygens (including phenoxy) is 1. The van der Waals surface area contributed by atoms with E-state index in [0.717, 1.165) is 26.0 Å². The molecule has 1 aromatic carbocycles. The number of hydrogen-bond donors (Lipinski definition) is 4. The van der Waals surface area contributed by atoms with Crippen LogP contribution < -0.4 is 5.32 Å². The Morgan fingerprint density at radius 1 is 1.14 bits per heavy atom. The van der Waals surface area contributed by atoms with Crippen LogP contribution in [0.2, 0.25) is 0 Å². The van der Waals surface area contributed by atoms with E-state index in [1.165, 1.54) is 12.0 Å². The molecule has 0 spiro atoms. The van der Waals surface area contributed by atoms with E-state index in [-0.39, 0.29) is 0 Å². The molecule has 2 atom stereocenters. The molecule has 0 aliphatic heterocycles. The van der Waals surface area contributed by atoms with E-state index < -0.39 is 18.0 Å². The molecule has 0 amide bonds. The summed E-state index contributed by atoms with van der Waals surface area (Å²) in [7, 11) is 0. The zero-order chi connectivity index (χ0) is 20.6. The van der Waals surface area contributed by atoms with Crippen LogP contribution in [0.3, 0.4) is 0 Å². The second-order valence-corrected chi connectivity index (χ2v) is 6.47. The molecule has 0 saturated carbocycles. The van der Waals surface area contributed by atoms with Gasteiger partial charge in [0.05, 0.1) is 12.7 Å². The number of benzene rings is 1. The SMILES string of the molecule is O=C(O)/C=C\C(=O)O.OC(CNCc1ccccc1)COCC1CC=CCC1. The summed E-state index contributed by atoms with van der Waals surface area (Å²) >= 11 is 0. The van der Waals surface area contributed by atoms with E-state index >= 15 is 0 Å². The number of carboxylic acids is 2. The number of hydrogen-bond acceptors (Lipinski definition) is 5. The van der Waals surface area contributed by atoms with Gasteiger partial charge in [0.1, 0.15) is 0 Å². The van der Waals surface area contributed by atoms with Crippen LogP contribution in [0.1, 0.15) is 24.8 Å². The van der Waals surface area contributed by atoms with Crippen LogP contribution in [-0.2, 0) is 20.9 Å². The monoisotopic (exact) mass is 391 g/mol. The van der Waals surface area contributed by atoms with Crippen LogP contribution in [-0.4, -0.2) is 53.1 Å². The number of carbonyl (C=O) groups is 2. The first-order valence-corrected chi connectivity index (χ1v) is 9.26. The summed E-state index contributed by atoms with van der Waals surface area (Å²) in [5.41, 5.74) is 1.23. The smallest absolute Gasteiger partial charge is 0.328 e. The van der Waals surface area contributed by atoms with E-state index in [4.69, 9.17) is 14.9 Å². The number of aliphatic hydroxyl groups is 1. The van der Waals surface area contributed by atoms with Crippen molar-refractivity contribution < 1.29 is 29.6 Å². The van der Waals surface area contributed by atoms with E-state index in [2.05, 4.69) is 29.6 Å². The molecule has 28 heavy (non-hydrogen) atoms. The Kier molecular flexibility index (Phi) is 12.3. The summed E-state index contributed by atoms with van der Waals surface area (Å²) in [6.45, 7) is 2.53. The van der Waals surface area contributed by atoms with Crippen molar-refractivity contribution in [3.05, 3.63) is 60.2 Å². The molecule has 4 N–H and O–H groups in total. The Balaban J connectivity index is 0.000000416. The van der Waals surface area contributed by atoms with Crippen molar-refractivity contribution in [1.82, 2.24) is 5.32 Å². The van der Waals surface area contributed by atoms with Crippen molar-refractivity contribution in [3.8, 4) is 0 Å². The molecule has 1 aliphatic rings. The maximum Gasteiger partial charge on any atom is 0.328 e. The summed E-state index contributed by atoms with van der Waals surface area (Å²) in [4.78, 5) is 19.1. The van der Waals surface area contributed by atoms with Gasteiger partial charge in [-0.25, -0.2) is 9.59 Å². The topological polar surface area (TPSA) is 116 Å². The fourth-order valence-corrected chi connectivity index (χ4v) is 2.56. The third-order valence-electron chi connectivity index (χ3n) is 3.96. The van der Waals surface area contributed by atoms with Gasteiger partial charge < -0.3 is 25.4 Å². The molecule has 0 aromatic heterocycles. The van der Waals surface area contributed by atoms with Crippen LogP contribution in [0.4, 0.5) is 0 Å². The Morgan fingerprint density at radius 2 is 1.82 bits per heavy atom. The van der Waals surface area contributed by atoms with E-state index in [1.807, 2.05) is 18.2 Å². The van der Waals surface area contributed by atoms with Gasteiger partial charge in [0.25, 0.3) is 0 Å². The molecule has 0 saturated heterocycles. The Bertz CT molecular complexity index is 613. The van der Waals surface area contributed by atoms with Gasteiger partial charge >= 0.3 is 11.9 Å². The molecule has 154 valence electrons. The van der Waals surface area contributed by atoms with Gasteiger partial charge in [-0.2, -0.15) is 0 Å². The Hall–Kier alpha value is -2.48. The first-order valence-electron chi connectivity index (χ1n) is 9.26. The van der Waals surface area contributed by atoms with Crippen LogP contribution in [0.15, 0.2) is 54.6 Å². The van der Waals surface area contributed by atoms with Crippen molar-refractivity contribution >= 4 is 11.9 Å². The number of nitrogens with one attached hydrogen (secondary N) is 1. The van der Waals surface area contributed by atoms with Gasteiger partial charge in [-0.05, 0) is 30.7 Å². The Labute approximate surface area is 165 Å². The van der Waals surface area contributed by atoms with Crippen molar-refractivity contribution in [3.63, 3.8) is 0 Å². The van der Waals surface area contributed by atoms with Gasteiger partial charge in [0.2, 0.25) is 0 Å². The lowest BCUT2D eigenvalue weighted by atomic mass is 9.95. The molecular formula is C21H29NO6. The number of allylic oxidation sites excluding steroid dienone is 2. The standard InChI is InChI=1S/C17H25NO2.C4H4O4/c19-17(12-18-11-15-7-3-1-4-8-15)14-20-13-16-9-5-2-6-10-16;5-3(6)1-2-4(7)8/h1-5,7-8,16-19H,6,9-14H2;1-2H,(H,5,6)(H,7,8)/b;2-1-. The predicted octanol–water partition coefficient (Wildman–Crippen LogP) is 2.22. The van der Waals surface area contributed by atoms with E-state index in [1.54, 1.807) is 0 Å². The van der Waals surface area contributed by atoms with Crippen molar-refractivity contribution in [2.75, 3.05) is 19.8 Å². The highest BCUT2D eigenvalue weighted by Gasteiger charge is 2.11. The maximum absolute atomic E-state index is 9.86. The molecule has 0 bridgehead atoms. The van der Waals surface area contributed by atoms with E-state index in [9.17, 15) is 14.7 Å². The summed E-state index contributed by atoms with van der Waals surface area (Å²) in [6.07, 6.45) is 8.63. The Morgan fingerprint density at radius 3 is 2.39 bits per heavy atom. The molecular weight excluding hydrogens is 362 g/mol. The highest BCUT2D eigenvalue weighted by molar-refractivity contribution is 5.89. The number of aliphatic hydroxyl groups excluding tert-OH is 1. The zero-order valence-corrected chi connectivity index (χ0v) is 15.9. The lowest BCUT2D eigenvalue weighted by Gasteiger charge is -2.19. The molecule has 1 aliphatic carbocycles. The fraction of sp³-hybridized carbons (Fsp3) is 0.429. The minimum absolute atomic E-state index is 0.419. The summed E-state index contributed by atoms with van der Waals surface area (Å²) in [5.74, 6) is -1.88. The summed E-state index contributed by atoms with van der Waals surface area (Å²) < 4.78 is 5.61. The minimum atomic E-state index is -1.26. The van der Waals surface area contributed by atoms with Gasteiger partial charge in [-0.3, -0.25) is 0 Å². The third-order valence-corrected chi connectivity index (χ3v) is 3.96. The summed E-state index contributed by atoms with van der Waals surface area (Å²) in [5, 5.41) is 28.7. The van der Waals surface area contributed by atoms with E-state index in [0.29, 0.717) is 31.2 Å². The second-order valence-electron chi connectivity index (χ2n) is 6.47. The van der Waals surface area contributed by atoms with Crippen LogP contribution in [0, 0.1) is 5.92 Å². The van der Waals surface area contributed by atoms with Gasteiger partial charge in [-0.15, -0.1) is 0 Å². The molecule has 0 radical (unpaired) electrons. The highest BCUT2D eigenvalue weighted by atomic mass is 16.5. The normalized spacial score (nSPS) is 17.0. The second kappa shape index (κ2) is 14.6. The lowest BCUT2D eigenvalue weighted by molar-refractivity contribution is -0.134. The van der Waals surface area contributed by atoms with Gasteiger partial charge in [-0.1, -0.05) is 42.5 Å². The van der Waals surface area contributed by atoms with Crippen LogP contribution in [0.5, 0.6) is 0 Å². The lowest BCUT2D eigenvalue weighted by Crippen LogP contribution is -2.30. The molecule has 1 aromatic rings. The van der Waals surface area contributed by atoms with Crippen molar-refractivity contribution in [2.24, 2.45) is 5.92 Å². The predicted molar refractivity (Wildman–Crippen MR) is 106 cm³/mol. The first-order chi connectivity index (χ1) is 13.5. The van der Waals surface area contributed by atoms with Crippen LogP contribution >= 0.6 is 0 Å². The maximum atomic E-state index is 9.86. The largest absolute Gasteiger partial charge is 0.478 e. The number of aliphatic carboxylic acids is 2. The molecule has 0 fully saturated rings. The average Bonchev–Trinajstić information content (AvgIpc) is 2.68. The number of carboxylic acid groups (broad SMARTS) is 2. The van der Waals surface area contributed by atoms with Crippen LogP contribution in [0.25, 0.3) is 0 Å². The van der Waals surface area contributed by atoms with Crippen molar-refractivity contribution in [2.45, 2.75) is 31.9 Å². The third kappa shape index (κ3) is 12.8. The first kappa shape index (κ1) is 23.6. The molecule has 7 heteroatoms. The molecule has 2 rings (SSSR count). The molecule has 2 unspecified atom stereocenters. The minimum Gasteiger partial charge on any atom is -0.478 e.